The van der Waals surface area contributed by atoms with E-state index in [0.29, 0.717) is 16.3 Å². The number of nitrogens with zero attached hydrogens (tertiary/aromatic N) is 2. The van der Waals surface area contributed by atoms with Crippen molar-refractivity contribution in [3.63, 3.8) is 0 Å². The minimum Gasteiger partial charge on any atom is -0.457 e. The zero-order chi connectivity index (χ0) is 26.8. The number of carbonyl (C=O) groups excluding carboxylic acids is 3. The molecule has 1 heterocycles. The number of anilines is 1. The van der Waals surface area contributed by atoms with E-state index >= 15 is 0 Å². The summed E-state index contributed by atoms with van der Waals surface area (Å²) in [4.78, 5) is 50.5. The Kier molecular flexibility index (Phi) is 6.59. The quantitative estimate of drug-likeness (QED) is 0.121. The van der Waals surface area contributed by atoms with Crippen molar-refractivity contribution in [1.82, 2.24) is 0 Å². The molecule has 4 aromatic carbocycles. The summed E-state index contributed by atoms with van der Waals surface area (Å²) in [5.74, 6) is -1.17. The van der Waals surface area contributed by atoms with E-state index in [1.807, 2.05) is 0 Å². The van der Waals surface area contributed by atoms with Crippen LogP contribution in [0.2, 0.25) is 5.02 Å². The highest BCUT2D eigenvalue weighted by atomic mass is 35.5. The lowest BCUT2D eigenvalue weighted by Crippen LogP contribution is -2.29. The number of rotatable bonds is 7. The van der Waals surface area contributed by atoms with Crippen molar-refractivity contribution in [1.29, 1.82) is 0 Å². The molecule has 0 aliphatic carbocycles. The van der Waals surface area contributed by atoms with Crippen LogP contribution < -0.4 is 9.64 Å². The van der Waals surface area contributed by atoms with E-state index in [-0.39, 0.29) is 40.4 Å². The van der Waals surface area contributed by atoms with Crippen LogP contribution in [-0.2, 0) is 11.3 Å². The summed E-state index contributed by atoms with van der Waals surface area (Å²) in [6.45, 7) is -0.112. The van der Waals surface area contributed by atoms with Crippen LogP contribution in [0.4, 0.5) is 11.4 Å². The van der Waals surface area contributed by atoms with Crippen LogP contribution in [0.25, 0.3) is 0 Å². The summed E-state index contributed by atoms with van der Waals surface area (Å²) in [6.07, 6.45) is 0. The first kappa shape index (κ1) is 24.7. The van der Waals surface area contributed by atoms with E-state index in [0.717, 1.165) is 4.90 Å². The number of nitro groups is 1. The summed E-state index contributed by atoms with van der Waals surface area (Å²) >= 11 is 5.92. The first-order valence-corrected chi connectivity index (χ1v) is 11.7. The summed E-state index contributed by atoms with van der Waals surface area (Å²) in [5, 5.41) is 11.3. The number of non-ortho nitro benzene ring substituents is 1. The Balaban J connectivity index is 1.35. The van der Waals surface area contributed by atoms with Crippen molar-refractivity contribution in [2.75, 3.05) is 4.90 Å². The monoisotopic (exact) mass is 528 g/mol. The molecule has 0 fully saturated rings. The Morgan fingerprint density at radius 2 is 1.61 bits per heavy atom. The van der Waals surface area contributed by atoms with Crippen LogP contribution in [0.15, 0.2) is 91.0 Å². The van der Waals surface area contributed by atoms with Gasteiger partial charge in [-0.25, -0.2) is 9.69 Å². The summed E-state index contributed by atoms with van der Waals surface area (Å²) in [5.41, 5.74) is 1.09. The zero-order valence-corrected chi connectivity index (χ0v) is 20.3. The fourth-order valence-electron chi connectivity index (χ4n) is 3.92. The fourth-order valence-corrected chi connectivity index (χ4v) is 4.05. The zero-order valence-electron chi connectivity index (χ0n) is 19.5. The van der Waals surface area contributed by atoms with Gasteiger partial charge in [0.2, 0.25) is 0 Å². The summed E-state index contributed by atoms with van der Waals surface area (Å²) in [7, 11) is 0. The molecule has 5 rings (SSSR count). The van der Waals surface area contributed by atoms with Gasteiger partial charge in [-0.15, -0.1) is 0 Å². The number of fused-ring (bicyclic) bond motifs is 1. The highest BCUT2D eigenvalue weighted by molar-refractivity contribution is 6.35. The second kappa shape index (κ2) is 10.2. The molecule has 0 saturated heterocycles. The van der Waals surface area contributed by atoms with Crippen molar-refractivity contribution in [3.8, 4) is 11.5 Å². The molecular weight excluding hydrogens is 512 g/mol. The largest absolute Gasteiger partial charge is 0.457 e. The maximum atomic E-state index is 13.4. The molecule has 38 heavy (non-hydrogen) atoms. The molecule has 0 atom stereocenters. The number of benzene rings is 4. The minimum absolute atomic E-state index is 0.0737. The van der Waals surface area contributed by atoms with Gasteiger partial charge in [-0.2, -0.15) is 0 Å². The number of amides is 2. The Hall–Kier alpha value is -5.02. The molecule has 1 aliphatic rings. The maximum absolute atomic E-state index is 13.4. The van der Waals surface area contributed by atoms with Gasteiger partial charge in [0.1, 0.15) is 18.1 Å². The number of hydrogen-bond acceptors (Lipinski definition) is 7. The van der Waals surface area contributed by atoms with Crippen LogP contribution in [0.5, 0.6) is 11.5 Å². The highest BCUT2D eigenvalue weighted by Gasteiger charge is 2.39. The molecule has 188 valence electrons. The predicted molar refractivity (Wildman–Crippen MR) is 138 cm³/mol. The van der Waals surface area contributed by atoms with Crippen molar-refractivity contribution < 1.29 is 28.8 Å². The minimum atomic E-state index is -0.687. The van der Waals surface area contributed by atoms with E-state index in [1.54, 1.807) is 36.4 Å². The van der Waals surface area contributed by atoms with Crippen LogP contribution in [0.3, 0.4) is 0 Å². The van der Waals surface area contributed by atoms with Gasteiger partial charge in [0, 0.05) is 17.2 Å². The molecule has 4 aromatic rings. The Morgan fingerprint density at radius 3 is 2.32 bits per heavy atom. The number of carbonyl (C=O) groups is 3. The van der Waals surface area contributed by atoms with Gasteiger partial charge >= 0.3 is 5.97 Å². The Labute approximate surface area is 220 Å². The lowest BCUT2D eigenvalue weighted by molar-refractivity contribution is -0.384. The lowest BCUT2D eigenvalue weighted by atomic mass is 10.1. The second-order valence-electron chi connectivity index (χ2n) is 8.23. The van der Waals surface area contributed by atoms with Gasteiger partial charge in [0.25, 0.3) is 17.5 Å². The molecule has 0 spiro atoms. The molecule has 10 heteroatoms. The number of imide groups is 1. The molecule has 0 aromatic heterocycles. The fraction of sp³-hybridized carbons (Fsp3) is 0.0357. The third-order valence-electron chi connectivity index (χ3n) is 5.78. The molecule has 2 amide bonds. The molecular formula is C28H17ClN2O7. The maximum Gasteiger partial charge on any atom is 0.338 e. The smallest absolute Gasteiger partial charge is 0.338 e. The molecule has 9 nitrogen and oxygen atoms in total. The first-order valence-electron chi connectivity index (χ1n) is 11.3. The van der Waals surface area contributed by atoms with Crippen molar-refractivity contribution in [2.45, 2.75) is 6.61 Å². The summed E-state index contributed by atoms with van der Waals surface area (Å²) < 4.78 is 11.2. The van der Waals surface area contributed by atoms with Crippen LogP contribution in [0.1, 0.15) is 36.6 Å². The third-order valence-corrected chi connectivity index (χ3v) is 6.03. The number of halogens is 1. The van der Waals surface area contributed by atoms with Crippen molar-refractivity contribution >= 4 is 40.8 Å². The second-order valence-corrected chi connectivity index (χ2v) is 8.67. The van der Waals surface area contributed by atoms with E-state index in [2.05, 4.69) is 0 Å². The number of hydrogen-bond donors (Lipinski definition) is 0. The molecule has 0 saturated carbocycles. The van der Waals surface area contributed by atoms with Gasteiger partial charge < -0.3 is 9.47 Å². The van der Waals surface area contributed by atoms with Crippen molar-refractivity contribution in [2.24, 2.45) is 0 Å². The lowest BCUT2D eigenvalue weighted by Gasteiger charge is -2.15. The average Bonchev–Trinajstić information content (AvgIpc) is 3.19. The number of esters is 1. The van der Waals surface area contributed by atoms with Gasteiger partial charge in [0.05, 0.1) is 27.3 Å². The van der Waals surface area contributed by atoms with E-state index in [4.69, 9.17) is 21.1 Å². The van der Waals surface area contributed by atoms with E-state index < -0.39 is 22.7 Å². The van der Waals surface area contributed by atoms with Crippen LogP contribution in [0, 0.1) is 10.1 Å². The molecule has 0 radical (unpaired) electrons. The van der Waals surface area contributed by atoms with E-state index in [9.17, 15) is 24.5 Å². The Morgan fingerprint density at radius 1 is 0.895 bits per heavy atom. The van der Waals surface area contributed by atoms with Crippen LogP contribution in [-0.4, -0.2) is 22.7 Å². The van der Waals surface area contributed by atoms with E-state index in [1.165, 1.54) is 54.6 Å². The SMILES string of the molecule is O=C(OCc1ccc([N+](=O)[O-])cc1)c1cccc(N2C(=O)c3cccc(Oc4ccc(Cl)cc4)c3C2=O)c1. The molecule has 1 aliphatic heterocycles. The van der Waals surface area contributed by atoms with Gasteiger partial charge in [-0.05, 0) is 72.3 Å². The van der Waals surface area contributed by atoms with Gasteiger partial charge in [0.15, 0.2) is 0 Å². The van der Waals surface area contributed by atoms with Gasteiger partial charge in [-0.3, -0.25) is 19.7 Å². The van der Waals surface area contributed by atoms with Gasteiger partial charge in [-0.1, -0.05) is 23.7 Å². The number of ether oxygens (including phenoxy) is 2. The molecule has 0 unspecified atom stereocenters. The Bertz CT molecular complexity index is 1580. The topological polar surface area (TPSA) is 116 Å². The van der Waals surface area contributed by atoms with Crippen molar-refractivity contribution in [3.05, 3.63) is 128 Å². The molecule has 0 N–H and O–H groups in total. The predicted octanol–water partition coefficient (Wildman–Crippen LogP) is 6.20. The average molecular weight is 529 g/mol. The third kappa shape index (κ3) is 4.82. The number of nitro benzene ring substituents is 1. The summed E-state index contributed by atoms with van der Waals surface area (Å²) in [6, 6.07) is 22.9. The standard InChI is InChI=1S/C28H17ClN2O7/c29-19-9-13-22(14-10-19)38-24-6-2-5-23-25(24)27(33)30(26(23)32)21-4-1-3-18(15-21)28(34)37-16-17-7-11-20(12-8-17)31(35)36/h1-15H,16H2. The first-order chi connectivity index (χ1) is 18.3. The van der Waals surface area contributed by atoms with Crippen LogP contribution >= 0.6 is 11.6 Å². The highest BCUT2D eigenvalue weighted by Crippen LogP contribution is 2.36. The molecule has 0 bridgehead atoms. The normalized spacial score (nSPS) is 12.3.